The Morgan fingerprint density at radius 3 is 2.26 bits per heavy atom. The number of carbonyl (C=O) groups is 4. The highest BCUT2D eigenvalue weighted by Gasteiger charge is 2.52. The fraction of sp³-hybridized carbons (Fsp3) is 0.481. The minimum absolute atomic E-state index is 0.228. The molecule has 6 amide bonds. The van der Waals surface area contributed by atoms with E-state index in [0.717, 1.165) is 34.9 Å². The first-order valence-corrected chi connectivity index (χ1v) is 12.5. The van der Waals surface area contributed by atoms with Gasteiger partial charge < -0.3 is 10.6 Å². The molecule has 182 valence electrons. The van der Waals surface area contributed by atoms with Crippen molar-refractivity contribution in [3.63, 3.8) is 0 Å². The van der Waals surface area contributed by atoms with Crippen LogP contribution in [-0.4, -0.2) is 40.9 Å². The van der Waals surface area contributed by atoms with Gasteiger partial charge in [-0.25, -0.2) is 9.59 Å². The zero-order chi connectivity index (χ0) is 24.4. The summed E-state index contributed by atoms with van der Waals surface area (Å²) in [5, 5.41) is 10.1. The summed E-state index contributed by atoms with van der Waals surface area (Å²) in [6, 6.07) is 12.2. The van der Waals surface area contributed by atoms with Crippen LogP contribution in [0.2, 0.25) is 0 Å². The molecule has 5 aliphatic rings. The molecule has 35 heavy (non-hydrogen) atoms. The van der Waals surface area contributed by atoms with Gasteiger partial charge in [-0.3, -0.25) is 19.8 Å². The van der Waals surface area contributed by atoms with Crippen LogP contribution in [0.5, 0.6) is 0 Å². The van der Waals surface area contributed by atoms with Gasteiger partial charge in [0.15, 0.2) is 0 Å². The fourth-order valence-electron chi connectivity index (χ4n) is 7.38. The third kappa shape index (κ3) is 3.75. The summed E-state index contributed by atoms with van der Waals surface area (Å²) in [5.74, 6) is 0.788. The summed E-state index contributed by atoms with van der Waals surface area (Å²) < 4.78 is 0. The zero-order valence-corrected chi connectivity index (χ0v) is 19.8. The molecule has 1 saturated heterocycles. The average Bonchev–Trinajstić information content (AvgIpc) is 3.01. The molecule has 1 aliphatic heterocycles. The van der Waals surface area contributed by atoms with Gasteiger partial charge in [0.25, 0.3) is 5.91 Å². The van der Waals surface area contributed by atoms with Gasteiger partial charge in [0.05, 0.1) is 0 Å². The maximum atomic E-state index is 13.3. The van der Waals surface area contributed by atoms with Gasteiger partial charge in [0, 0.05) is 5.54 Å². The van der Waals surface area contributed by atoms with E-state index >= 15 is 0 Å². The fourth-order valence-corrected chi connectivity index (χ4v) is 7.38. The third-order valence-electron chi connectivity index (χ3n) is 8.57. The molecule has 0 radical (unpaired) electrons. The topological polar surface area (TPSA) is 108 Å². The second-order valence-corrected chi connectivity index (χ2v) is 11.2. The van der Waals surface area contributed by atoms with Crippen LogP contribution < -0.4 is 16.0 Å². The number of nitrogens with zero attached hydrogens (tertiary/aromatic N) is 1. The van der Waals surface area contributed by atoms with Crippen molar-refractivity contribution in [3.8, 4) is 0 Å². The smallest absolute Gasteiger partial charge is 0.325 e. The van der Waals surface area contributed by atoms with Crippen LogP contribution in [0.25, 0.3) is 10.8 Å². The quantitative estimate of drug-likeness (QED) is 0.590. The first-order chi connectivity index (χ1) is 16.7. The van der Waals surface area contributed by atoms with Crippen molar-refractivity contribution in [1.29, 1.82) is 0 Å². The van der Waals surface area contributed by atoms with E-state index in [2.05, 4.69) is 16.0 Å². The van der Waals surface area contributed by atoms with E-state index in [4.69, 9.17) is 0 Å². The SMILES string of the molecule is CC1(c2ccc3ccccc3c2)NC(=O)N(CC(=O)NC(=O)NC23CC4CC(CC(C4)C2)C3)C1=O. The van der Waals surface area contributed by atoms with Crippen LogP contribution in [0.15, 0.2) is 42.5 Å². The van der Waals surface area contributed by atoms with E-state index in [1.165, 1.54) is 19.3 Å². The number of carbonyl (C=O) groups excluding carboxylic acids is 4. The summed E-state index contributed by atoms with van der Waals surface area (Å²) in [7, 11) is 0. The number of hydrogen-bond acceptors (Lipinski definition) is 4. The number of amides is 6. The number of nitrogens with one attached hydrogen (secondary N) is 3. The molecule has 8 heteroatoms. The Morgan fingerprint density at radius 1 is 0.971 bits per heavy atom. The average molecular weight is 475 g/mol. The lowest BCUT2D eigenvalue weighted by Crippen LogP contribution is -2.62. The number of rotatable bonds is 4. The highest BCUT2D eigenvalue weighted by atomic mass is 16.2. The summed E-state index contributed by atoms with van der Waals surface area (Å²) in [4.78, 5) is 52.2. The molecule has 7 rings (SSSR count). The molecule has 0 spiro atoms. The second kappa shape index (κ2) is 7.80. The minimum atomic E-state index is -1.29. The van der Waals surface area contributed by atoms with E-state index < -0.39 is 36.0 Å². The molecule has 1 unspecified atom stereocenters. The van der Waals surface area contributed by atoms with Crippen LogP contribution in [-0.2, 0) is 15.1 Å². The Hall–Kier alpha value is -3.42. The van der Waals surface area contributed by atoms with Gasteiger partial charge in [-0.2, -0.15) is 0 Å². The molecular weight excluding hydrogens is 444 g/mol. The molecule has 4 saturated carbocycles. The summed E-state index contributed by atoms with van der Waals surface area (Å²) in [6.45, 7) is 1.12. The van der Waals surface area contributed by atoms with Gasteiger partial charge >= 0.3 is 12.1 Å². The summed E-state index contributed by atoms with van der Waals surface area (Å²) in [5.41, 5.74) is -0.880. The van der Waals surface area contributed by atoms with E-state index in [9.17, 15) is 19.2 Å². The number of fused-ring (bicyclic) bond motifs is 1. The molecule has 4 aliphatic carbocycles. The van der Waals surface area contributed by atoms with E-state index in [0.29, 0.717) is 23.3 Å². The predicted octanol–water partition coefficient (Wildman–Crippen LogP) is 3.40. The predicted molar refractivity (Wildman–Crippen MR) is 129 cm³/mol. The van der Waals surface area contributed by atoms with E-state index in [1.807, 2.05) is 42.5 Å². The van der Waals surface area contributed by atoms with Crippen molar-refractivity contribution < 1.29 is 19.2 Å². The Bertz CT molecular complexity index is 1220. The lowest BCUT2D eigenvalue weighted by Gasteiger charge is -2.56. The summed E-state index contributed by atoms with van der Waals surface area (Å²) in [6.07, 6.45) is 6.67. The third-order valence-corrected chi connectivity index (χ3v) is 8.57. The second-order valence-electron chi connectivity index (χ2n) is 11.2. The Kier molecular flexibility index (Phi) is 4.92. The van der Waals surface area contributed by atoms with Crippen LogP contribution in [0.1, 0.15) is 51.0 Å². The molecule has 1 heterocycles. The van der Waals surface area contributed by atoms with Gasteiger partial charge in [0.1, 0.15) is 12.1 Å². The minimum Gasteiger partial charge on any atom is -0.332 e. The number of imide groups is 2. The van der Waals surface area contributed by atoms with Crippen LogP contribution in [0.4, 0.5) is 9.59 Å². The standard InChI is InChI=1S/C27H30N4O4/c1-26(21-7-6-19-4-2-3-5-20(19)11-21)23(33)31(25(35)30-26)15-22(32)28-24(34)29-27-12-16-8-17(13-27)10-18(9-16)14-27/h2-7,11,16-18H,8-10,12-15H2,1H3,(H,30,35)(H2,28,29,32,34). The molecule has 0 aromatic heterocycles. The monoisotopic (exact) mass is 474 g/mol. The van der Waals surface area contributed by atoms with Crippen LogP contribution in [0, 0.1) is 17.8 Å². The lowest BCUT2D eigenvalue weighted by molar-refractivity contribution is -0.134. The van der Waals surface area contributed by atoms with Crippen molar-refractivity contribution in [2.24, 2.45) is 17.8 Å². The summed E-state index contributed by atoms with van der Waals surface area (Å²) >= 11 is 0. The maximum absolute atomic E-state index is 13.3. The van der Waals surface area contributed by atoms with Crippen molar-refractivity contribution in [2.45, 2.75) is 56.5 Å². The van der Waals surface area contributed by atoms with Crippen molar-refractivity contribution in [2.75, 3.05) is 6.54 Å². The Balaban J connectivity index is 1.11. The first kappa shape index (κ1) is 22.1. The molecular formula is C27H30N4O4. The lowest BCUT2D eigenvalue weighted by atomic mass is 9.53. The maximum Gasteiger partial charge on any atom is 0.325 e. The number of hydrogen-bond donors (Lipinski definition) is 3. The Labute approximate surface area is 203 Å². The largest absolute Gasteiger partial charge is 0.332 e. The van der Waals surface area contributed by atoms with Gasteiger partial charge in [0.2, 0.25) is 5.91 Å². The number of benzene rings is 2. The molecule has 8 nitrogen and oxygen atoms in total. The Morgan fingerprint density at radius 2 is 1.60 bits per heavy atom. The zero-order valence-electron chi connectivity index (χ0n) is 19.8. The van der Waals surface area contributed by atoms with Gasteiger partial charge in [-0.05, 0) is 85.6 Å². The molecule has 5 fully saturated rings. The van der Waals surface area contributed by atoms with E-state index in [1.54, 1.807) is 6.92 Å². The number of urea groups is 2. The highest BCUT2D eigenvalue weighted by molar-refractivity contribution is 6.10. The molecule has 3 N–H and O–H groups in total. The normalized spacial score (nSPS) is 33.2. The molecule has 2 aromatic carbocycles. The van der Waals surface area contributed by atoms with Crippen LogP contribution in [0.3, 0.4) is 0 Å². The highest BCUT2D eigenvalue weighted by Crippen LogP contribution is 2.55. The van der Waals surface area contributed by atoms with Gasteiger partial charge in [-0.15, -0.1) is 0 Å². The van der Waals surface area contributed by atoms with Crippen molar-refractivity contribution >= 4 is 34.6 Å². The first-order valence-electron chi connectivity index (χ1n) is 12.5. The van der Waals surface area contributed by atoms with Gasteiger partial charge in [-0.1, -0.05) is 36.4 Å². The van der Waals surface area contributed by atoms with Crippen molar-refractivity contribution in [1.82, 2.24) is 20.9 Å². The molecule has 1 atom stereocenters. The van der Waals surface area contributed by atoms with Crippen molar-refractivity contribution in [3.05, 3.63) is 48.0 Å². The molecule has 4 bridgehead atoms. The van der Waals surface area contributed by atoms with E-state index in [-0.39, 0.29) is 5.54 Å². The molecule has 2 aromatic rings. The van der Waals surface area contributed by atoms with Crippen LogP contribution >= 0.6 is 0 Å².